The van der Waals surface area contributed by atoms with E-state index in [-0.39, 0.29) is 5.56 Å². The van der Waals surface area contributed by atoms with Crippen molar-refractivity contribution in [2.24, 2.45) is 0 Å². The second-order valence-corrected chi connectivity index (χ2v) is 5.29. The summed E-state index contributed by atoms with van der Waals surface area (Å²) >= 11 is 1.09. The summed E-state index contributed by atoms with van der Waals surface area (Å²) in [5.41, 5.74) is 0.134. The fourth-order valence-corrected chi connectivity index (χ4v) is 2.39. The lowest BCUT2D eigenvalue weighted by Crippen LogP contribution is -2.42. The normalized spacial score (nSPS) is 11.5. The van der Waals surface area contributed by atoms with Gasteiger partial charge in [-0.1, -0.05) is 12.1 Å². The number of imide groups is 1. The molecule has 0 aliphatic carbocycles. The number of benzene rings is 1. The van der Waals surface area contributed by atoms with Crippen molar-refractivity contribution in [2.75, 3.05) is 6.54 Å². The zero-order chi connectivity index (χ0) is 15.1. The average molecular weight is 296 g/mol. The molecule has 0 aliphatic rings. The predicted molar refractivity (Wildman–Crippen MR) is 75.9 cm³/mol. The molecule has 7 heteroatoms. The van der Waals surface area contributed by atoms with E-state index in [1.54, 1.807) is 32.0 Å². The summed E-state index contributed by atoms with van der Waals surface area (Å²) in [4.78, 5) is 34.6. The molecule has 0 heterocycles. The third-order valence-electron chi connectivity index (χ3n) is 2.36. The van der Waals surface area contributed by atoms with Crippen LogP contribution in [0.1, 0.15) is 24.2 Å². The number of amides is 3. The smallest absolute Gasteiger partial charge is 0.336 e. The molecule has 1 unspecified atom stereocenters. The summed E-state index contributed by atoms with van der Waals surface area (Å²) in [7, 11) is 0. The minimum atomic E-state index is -1.05. The van der Waals surface area contributed by atoms with Crippen LogP contribution in [0.4, 0.5) is 4.79 Å². The van der Waals surface area contributed by atoms with Crippen LogP contribution in [0.2, 0.25) is 0 Å². The summed E-state index contributed by atoms with van der Waals surface area (Å²) < 4.78 is 0. The molecule has 3 amide bonds. The number of hydrogen-bond donors (Lipinski definition) is 3. The van der Waals surface area contributed by atoms with Crippen molar-refractivity contribution in [3.05, 3.63) is 29.8 Å². The SMILES string of the molecule is CCNC(=O)NC(=O)C(C)Sc1ccccc1C(=O)O. The molecular weight excluding hydrogens is 280 g/mol. The number of thioether (sulfide) groups is 1. The zero-order valence-electron chi connectivity index (χ0n) is 11.2. The molecule has 0 aliphatic heterocycles. The Balaban J connectivity index is 2.71. The van der Waals surface area contributed by atoms with Gasteiger partial charge in [-0.05, 0) is 26.0 Å². The summed E-state index contributed by atoms with van der Waals surface area (Å²) in [6.07, 6.45) is 0. The standard InChI is InChI=1S/C13H16N2O4S/c1-3-14-13(19)15-11(16)8(2)20-10-7-5-4-6-9(10)12(17)18/h4-8H,3H2,1-2H3,(H,17,18)(H2,14,15,16,19). The molecule has 20 heavy (non-hydrogen) atoms. The fourth-order valence-electron chi connectivity index (χ4n) is 1.41. The van der Waals surface area contributed by atoms with Crippen molar-refractivity contribution in [2.45, 2.75) is 24.0 Å². The molecule has 0 aromatic heterocycles. The van der Waals surface area contributed by atoms with Crippen LogP contribution in [0.25, 0.3) is 0 Å². The number of hydrogen-bond acceptors (Lipinski definition) is 4. The summed E-state index contributed by atoms with van der Waals surface area (Å²) in [6.45, 7) is 3.77. The van der Waals surface area contributed by atoms with E-state index in [2.05, 4.69) is 10.6 Å². The van der Waals surface area contributed by atoms with Crippen molar-refractivity contribution in [1.29, 1.82) is 0 Å². The van der Waals surface area contributed by atoms with Gasteiger partial charge in [0.25, 0.3) is 0 Å². The van der Waals surface area contributed by atoms with E-state index in [1.165, 1.54) is 6.07 Å². The first-order valence-corrected chi connectivity index (χ1v) is 6.91. The third-order valence-corrected chi connectivity index (χ3v) is 3.54. The van der Waals surface area contributed by atoms with E-state index in [9.17, 15) is 14.4 Å². The fraction of sp³-hybridized carbons (Fsp3) is 0.308. The van der Waals surface area contributed by atoms with Crippen LogP contribution < -0.4 is 10.6 Å². The van der Waals surface area contributed by atoms with Gasteiger partial charge in [0.15, 0.2) is 0 Å². The summed E-state index contributed by atoms with van der Waals surface area (Å²) in [5, 5.41) is 13.1. The maximum absolute atomic E-state index is 11.8. The Hall–Kier alpha value is -2.02. The molecule has 6 nitrogen and oxygen atoms in total. The zero-order valence-corrected chi connectivity index (χ0v) is 12.0. The third kappa shape index (κ3) is 4.58. The van der Waals surface area contributed by atoms with Crippen LogP contribution in [-0.4, -0.2) is 34.8 Å². The van der Waals surface area contributed by atoms with Gasteiger partial charge in [-0.3, -0.25) is 10.1 Å². The number of carboxylic acids is 1. The van der Waals surface area contributed by atoms with E-state index in [0.29, 0.717) is 11.4 Å². The Labute approximate surface area is 120 Å². The topological polar surface area (TPSA) is 95.5 Å². The van der Waals surface area contributed by atoms with Crippen LogP contribution in [0.5, 0.6) is 0 Å². The summed E-state index contributed by atoms with van der Waals surface area (Å²) in [6, 6.07) is 5.86. The van der Waals surface area contributed by atoms with Crippen molar-refractivity contribution < 1.29 is 19.5 Å². The number of rotatable bonds is 5. The Kier molecular flexibility index (Phi) is 6.05. The molecule has 0 bridgehead atoms. The maximum atomic E-state index is 11.8. The first-order chi connectivity index (χ1) is 9.45. The lowest BCUT2D eigenvalue weighted by atomic mass is 10.2. The van der Waals surface area contributed by atoms with Crippen molar-refractivity contribution in [3.8, 4) is 0 Å². The van der Waals surface area contributed by atoms with Gasteiger partial charge in [0.05, 0.1) is 10.8 Å². The van der Waals surface area contributed by atoms with E-state index in [1.807, 2.05) is 0 Å². The van der Waals surface area contributed by atoms with Crippen molar-refractivity contribution in [1.82, 2.24) is 10.6 Å². The Bertz CT molecular complexity index is 519. The van der Waals surface area contributed by atoms with Gasteiger partial charge in [0.1, 0.15) is 0 Å². The molecular formula is C13H16N2O4S. The van der Waals surface area contributed by atoms with Crippen LogP contribution in [0.15, 0.2) is 29.2 Å². The van der Waals surface area contributed by atoms with Gasteiger partial charge in [0, 0.05) is 11.4 Å². The highest BCUT2D eigenvalue weighted by atomic mass is 32.2. The molecule has 1 aromatic carbocycles. The summed E-state index contributed by atoms with van der Waals surface area (Å²) in [5.74, 6) is -1.52. The van der Waals surface area contributed by atoms with E-state index >= 15 is 0 Å². The Morgan fingerprint density at radius 2 is 1.95 bits per heavy atom. The number of carboxylic acid groups (broad SMARTS) is 1. The minimum Gasteiger partial charge on any atom is -0.478 e. The van der Waals surface area contributed by atoms with Gasteiger partial charge in [0.2, 0.25) is 5.91 Å². The number of carbonyl (C=O) groups is 3. The van der Waals surface area contributed by atoms with E-state index in [4.69, 9.17) is 5.11 Å². The number of carbonyl (C=O) groups excluding carboxylic acids is 2. The number of urea groups is 1. The number of aromatic carboxylic acids is 1. The number of nitrogens with one attached hydrogen (secondary N) is 2. The molecule has 0 spiro atoms. The van der Waals surface area contributed by atoms with Gasteiger partial charge >= 0.3 is 12.0 Å². The van der Waals surface area contributed by atoms with Crippen molar-refractivity contribution in [3.63, 3.8) is 0 Å². The molecule has 1 atom stereocenters. The highest BCUT2D eigenvalue weighted by Gasteiger charge is 2.19. The Morgan fingerprint density at radius 1 is 1.30 bits per heavy atom. The maximum Gasteiger partial charge on any atom is 0.336 e. The second-order valence-electron chi connectivity index (χ2n) is 3.91. The lowest BCUT2D eigenvalue weighted by molar-refractivity contribution is -0.119. The van der Waals surface area contributed by atoms with Crippen LogP contribution in [-0.2, 0) is 4.79 Å². The van der Waals surface area contributed by atoms with Gasteiger partial charge in [-0.25, -0.2) is 9.59 Å². The molecule has 108 valence electrons. The monoisotopic (exact) mass is 296 g/mol. The van der Waals surface area contributed by atoms with E-state index < -0.39 is 23.2 Å². The molecule has 3 N–H and O–H groups in total. The first kappa shape index (κ1) is 16.0. The Morgan fingerprint density at radius 3 is 2.55 bits per heavy atom. The molecule has 0 saturated heterocycles. The molecule has 1 aromatic rings. The van der Waals surface area contributed by atoms with Crippen LogP contribution in [0.3, 0.4) is 0 Å². The van der Waals surface area contributed by atoms with Gasteiger partial charge in [-0.15, -0.1) is 11.8 Å². The highest BCUT2D eigenvalue weighted by Crippen LogP contribution is 2.26. The molecule has 0 saturated carbocycles. The van der Waals surface area contributed by atoms with Gasteiger partial charge in [-0.2, -0.15) is 0 Å². The quantitative estimate of drug-likeness (QED) is 0.719. The predicted octanol–water partition coefficient (Wildman–Crippen LogP) is 1.71. The van der Waals surface area contributed by atoms with E-state index in [0.717, 1.165) is 11.8 Å². The van der Waals surface area contributed by atoms with Gasteiger partial charge < -0.3 is 10.4 Å². The second kappa shape index (κ2) is 7.54. The van der Waals surface area contributed by atoms with Crippen LogP contribution in [0, 0.1) is 0 Å². The molecule has 1 rings (SSSR count). The van der Waals surface area contributed by atoms with Crippen molar-refractivity contribution >= 4 is 29.7 Å². The first-order valence-electron chi connectivity index (χ1n) is 6.03. The van der Waals surface area contributed by atoms with Crippen LogP contribution >= 0.6 is 11.8 Å². The molecule has 0 fully saturated rings. The lowest BCUT2D eigenvalue weighted by Gasteiger charge is -2.12. The highest BCUT2D eigenvalue weighted by molar-refractivity contribution is 8.00. The molecule has 0 radical (unpaired) electrons. The largest absolute Gasteiger partial charge is 0.478 e. The average Bonchev–Trinajstić information content (AvgIpc) is 2.39. The minimum absolute atomic E-state index is 0.134.